The van der Waals surface area contributed by atoms with Gasteiger partial charge in [0.25, 0.3) is 0 Å². The van der Waals surface area contributed by atoms with Crippen LogP contribution in [0.15, 0.2) is 0 Å². The first-order valence-electron chi connectivity index (χ1n) is 36.5. The molecule has 8 heterocycles. The van der Waals surface area contributed by atoms with E-state index < -0.39 is 365 Å². The molecule has 0 spiro atoms. The molecule has 8 fully saturated rings. The van der Waals surface area contributed by atoms with E-state index in [0.717, 1.165) is 34.6 Å². The largest absolute Gasteiger partial charge is 0.394 e. The number of carbonyl (C=O) groups excluding carboxylic acids is 5. The molecule has 666 valence electrons. The predicted octanol–water partition coefficient (Wildman–Crippen LogP) is -20.3. The summed E-state index contributed by atoms with van der Waals surface area (Å²) in [6.45, 7) is -6.62. The van der Waals surface area contributed by atoms with Gasteiger partial charge in [0, 0.05) is 34.6 Å². The molecular formula is C64H109N5O46. The molecule has 51 heteroatoms. The number of ether oxygens (including phenoxy) is 16. The molecule has 0 aromatic heterocycles. The lowest BCUT2D eigenvalue weighted by atomic mass is 9.94. The topological polar surface area (TPSA) is 799 Å². The molecule has 0 unspecified atom stereocenters. The molecule has 8 aliphatic rings. The van der Waals surface area contributed by atoms with E-state index in [1.165, 1.54) is 0 Å². The fourth-order valence-electron chi connectivity index (χ4n) is 14.5. The lowest BCUT2D eigenvalue weighted by Crippen LogP contribution is -2.71. The predicted molar refractivity (Wildman–Crippen MR) is 357 cm³/mol. The first-order valence-corrected chi connectivity index (χ1v) is 36.5. The summed E-state index contributed by atoms with van der Waals surface area (Å²) in [5.74, 6) is -4.57. The Labute approximate surface area is 652 Å². The molecule has 5 amide bonds. The Bertz CT molecular complexity index is 3050. The normalized spacial score (nSPS) is 45.0. The van der Waals surface area contributed by atoms with Crippen LogP contribution >= 0.6 is 0 Å². The summed E-state index contributed by atoms with van der Waals surface area (Å²) in [7, 11) is 0. The third-order valence-electron chi connectivity index (χ3n) is 20.4. The van der Waals surface area contributed by atoms with Crippen molar-refractivity contribution in [1.29, 1.82) is 0 Å². The fourth-order valence-corrected chi connectivity index (χ4v) is 14.5. The van der Waals surface area contributed by atoms with Crippen molar-refractivity contribution in [3.63, 3.8) is 0 Å². The van der Waals surface area contributed by atoms with E-state index in [2.05, 4.69) is 26.6 Å². The summed E-state index contributed by atoms with van der Waals surface area (Å²) < 4.78 is 96.1. The zero-order valence-electron chi connectivity index (χ0n) is 62.2. The maximum Gasteiger partial charge on any atom is 0.217 e. The monoisotopic (exact) mass is 1680 g/mol. The van der Waals surface area contributed by atoms with E-state index >= 15 is 0 Å². The smallest absolute Gasteiger partial charge is 0.217 e. The summed E-state index contributed by atoms with van der Waals surface area (Å²) in [5, 5.41) is 290. The Kier molecular flexibility index (Phi) is 35.9. The summed E-state index contributed by atoms with van der Waals surface area (Å²) in [4.78, 5) is 63.4. The number of amides is 5. The van der Waals surface area contributed by atoms with Crippen LogP contribution in [-0.4, -0.2) is 493 Å². The van der Waals surface area contributed by atoms with Gasteiger partial charge in [-0.05, 0) is 0 Å². The SMILES string of the molecule is CC(=O)N[C@H]1[C@H](O[C@@H]([C@H](O)[C@H](CO)NC(C)=O)[C@H](O)CO)O[C@H](CO)[C@@H](O[C@@H]2O[C@H](CO[C@H]3O[C@H](CO)[C@@H](O)[C@H](O)[C@@H]3O[C@@H]3O[C@H](CO)[C@@H](O[C@@H]4O[C@H](CO)[C@H](O)[C@H](O)[C@H]4O)[C@H](O)[C@H]3NC(C)=O)[C@@H](O)[C@H](O[C@H]3O[C@H](CO)[C@@H](O[C@@H]4O[C@H](CO)[C@@H](O)[C@H](O)[C@H]4NC(C)=O)[C@H](O)[C@@H]3O[C@@H]3O[C@H](CO)[C@@H](O)[C@H](O)[C@H]3NC(C)=O)[C@@H]2O)[C@@H]1O. The number of carbonyl (C=O) groups is 5. The number of hydrogen-bond acceptors (Lipinski definition) is 46. The Morgan fingerprint density at radius 3 is 1.03 bits per heavy atom. The van der Waals surface area contributed by atoms with Crippen molar-refractivity contribution in [2.45, 2.75) is 304 Å². The van der Waals surface area contributed by atoms with Gasteiger partial charge in [-0.3, -0.25) is 24.0 Å². The van der Waals surface area contributed by atoms with Crippen LogP contribution < -0.4 is 26.6 Å². The van der Waals surface area contributed by atoms with Crippen molar-refractivity contribution in [3.05, 3.63) is 0 Å². The number of nitrogens with one attached hydrogen (secondary N) is 5. The molecule has 8 rings (SSSR count). The fraction of sp³-hybridized carbons (Fsp3) is 0.922. The van der Waals surface area contributed by atoms with Gasteiger partial charge < -0.3 is 230 Å². The first kappa shape index (κ1) is 96.2. The van der Waals surface area contributed by atoms with Gasteiger partial charge in [-0.15, -0.1) is 0 Å². The van der Waals surface area contributed by atoms with Crippen molar-refractivity contribution < 1.29 is 227 Å². The minimum atomic E-state index is -2.64. The number of rotatable bonds is 34. The Balaban J connectivity index is 1.20. The van der Waals surface area contributed by atoms with Crippen molar-refractivity contribution in [1.82, 2.24) is 26.6 Å². The molecule has 8 aliphatic heterocycles. The van der Waals surface area contributed by atoms with Crippen molar-refractivity contribution in [2.24, 2.45) is 0 Å². The summed E-state index contributed by atoms with van der Waals surface area (Å²) in [5.41, 5.74) is 0. The highest BCUT2D eigenvalue weighted by atomic mass is 16.8. The number of aliphatic hydroxyl groups is 25. The van der Waals surface area contributed by atoms with Crippen LogP contribution in [0.5, 0.6) is 0 Å². The summed E-state index contributed by atoms with van der Waals surface area (Å²) >= 11 is 0. The van der Waals surface area contributed by atoms with Crippen LogP contribution in [0.3, 0.4) is 0 Å². The van der Waals surface area contributed by atoms with Gasteiger partial charge in [-0.25, -0.2) is 0 Å². The minimum absolute atomic E-state index is 0.820. The molecule has 0 bridgehead atoms. The van der Waals surface area contributed by atoms with Crippen LogP contribution in [0.25, 0.3) is 0 Å². The number of aliphatic hydroxyl groups excluding tert-OH is 25. The van der Waals surface area contributed by atoms with E-state index in [1.54, 1.807) is 0 Å². The third-order valence-corrected chi connectivity index (χ3v) is 20.4. The van der Waals surface area contributed by atoms with Crippen LogP contribution in [0.2, 0.25) is 0 Å². The third kappa shape index (κ3) is 22.3. The second-order valence-corrected chi connectivity index (χ2v) is 28.7. The number of hydrogen-bond donors (Lipinski definition) is 30. The van der Waals surface area contributed by atoms with Crippen LogP contribution in [-0.2, 0) is 99.8 Å². The van der Waals surface area contributed by atoms with Crippen LogP contribution in [0.4, 0.5) is 0 Å². The second-order valence-electron chi connectivity index (χ2n) is 28.7. The molecule has 0 radical (unpaired) electrons. The van der Waals surface area contributed by atoms with E-state index in [1.807, 2.05) is 0 Å². The zero-order chi connectivity index (χ0) is 85.2. The van der Waals surface area contributed by atoms with Gasteiger partial charge in [-0.2, -0.15) is 0 Å². The van der Waals surface area contributed by atoms with E-state index in [9.17, 15) is 152 Å². The minimum Gasteiger partial charge on any atom is -0.394 e. The molecule has 51 nitrogen and oxygen atoms in total. The molecule has 30 N–H and O–H groups in total. The molecule has 0 aromatic carbocycles. The van der Waals surface area contributed by atoms with E-state index in [0.29, 0.717) is 0 Å². The zero-order valence-corrected chi connectivity index (χ0v) is 62.2. The average Bonchev–Trinajstić information content (AvgIpc) is 0.475. The lowest BCUT2D eigenvalue weighted by molar-refractivity contribution is -0.402. The van der Waals surface area contributed by atoms with Crippen molar-refractivity contribution in [3.8, 4) is 0 Å². The Morgan fingerprint density at radius 2 is 0.617 bits per heavy atom. The average molecular weight is 1680 g/mol. The van der Waals surface area contributed by atoms with Gasteiger partial charge >= 0.3 is 0 Å². The van der Waals surface area contributed by atoms with Gasteiger partial charge in [0.05, 0.1) is 72.1 Å². The highest BCUT2D eigenvalue weighted by Crippen LogP contribution is 2.40. The molecule has 44 atom stereocenters. The van der Waals surface area contributed by atoms with Gasteiger partial charge in [0.1, 0.15) is 213 Å². The van der Waals surface area contributed by atoms with Gasteiger partial charge in [0.15, 0.2) is 50.3 Å². The van der Waals surface area contributed by atoms with Gasteiger partial charge in [0.2, 0.25) is 29.5 Å². The Hall–Kier alpha value is -4.29. The molecule has 0 saturated carbocycles. The highest BCUT2D eigenvalue weighted by molar-refractivity contribution is 5.75. The lowest BCUT2D eigenvalue weighted by Gasteiger charge is -2.51. The van der Waals surface area contributed by atoms with Crippen molar-refractivity contribution >= 4 is 29.5 Å². The standard InChI is InChI=1S/C64H109N5O46/c1-16(79)65-21(6-70)35(85)50(22(84)7-71)109-59-33(68-19(4)82)43(93)52(28(13-77)105-59)112-62-49(99)54(113-64-56(115-58-32(67-18(3)81)42(92)37(87)24(9-73)102-58)48(98)53(29(14-78)107-64)110-57-31(66-17(2)80)41(91)36(86)23(8-72)101-57)40(90)30(108-62)15-100-63-55(46(96)39(89)26(11-75)104-63)114-60-34(69-20(5)83)44(94)51(27(12-76)106-60)111-61-47(97)45(95)38(88)25(10-74)103-61/h21-64,70-78,84-99H,6-15H2,1-5H3,(H,65,79)(H,66,80)(H,67,81)(H,68,82)(H,69,83)/t21-,22+,23+,24+,25+,26+,27+,28+,29+,30+,31+,32+,33+,34+,35+,36+,37+,38-,39+,40+,41+,42+,43+,44+,45-,46-,47+,48-,49-,50+,51+,52+,53+,54-,55-,56-,57-,58-,59-,60-,61-,62-,63-,64+/m0/s1. The summed E-state index contributed by atoms with van der Waals surface area (Å²) in [6.07, 6.45) is -83.5. The van der Waals surface area contributed by atoms with E-state index in [-0.39, 0.29) is 0 Å². The molecule has 0 aromatic rings. The Morgan fingerprint density at radius 1 is 0.296 bits per heavy atom. The van der Waals surface area contributed by atoms with Crippen LogP contribution in [0.1, 0.15) is 34.6 Å². The van der Waals surface area contributed by atoms with Crippen LogP contribution in [0, 0.1) is 0 Å². The van der Waals surface area contributed by atoms with Crippen molar-refractivity contribution in [2.75, 3.05) is 66.1 Å². The maximum atomic E-state index is 13.0. The van der Waals surface area contributed by atoms with Gasteiger partial charge in [-0.1, -0.05) is 0 Å². The summed E-state index contributed by atoms with van der Waals surface area (Å²) in [6, 6.07) is -9.29. The highest BCUT2D eigenvalue weighted by Gasteiger charge is 2.61. The molecule has 8 saturated heterocycles. The molecule has 0 aliphatic carbocycles. The van der Waals surface area contributed by atoms with E-state index in [4.69, 9.17) is 75.8 Å². The molecular weight excluding hydrogens is 1570 g/mol. The molecule has 115 heavy (non-hydrogen) atoms. The first-order chi connectivity index (χ1) is 54.4. The quantitative estimate of drug-likeness (QED) is 0.0284. The second kappa shape index (κ2) is 43.0. The maximum absolute atomic E-state index is 13.0.